The van der Waals surface area contributed by atoms with Gasteiger partial charge in [-0.05, 0) is 38.1 Å². The van der Waals surface area contributed by atoms with Gasteiger partial charge >= 0.3 is 0 Å². The first-order chi connectivity index (χ1) is 8.83. The summed E-state index contributed by atoms with van der Waals surface area (Å²) in [5.74, 6) is 2.49. The Kier molecular flexibility index (Phi) is 5.00. The van der Waals surface area contributed by atoms with Crippen molar-refractivity contribution in [2.24, 2.45) is 5.92 Å². The third kappa shape index (κ3) is 3.98. The molecule has 0 saturated heterocycles. The van der Waals surface area contributed by atoms with E-state index in [1.165, 1.54) is 25.7 Å². The second-order valence-electron chi connectivity index (χ2n) is 5.26. The number of nitrogens with one attached hydrogen (secondary N) is 1. The van der Waals surface area contributed by atoms with Crippen LogP contribution < -0.4 is 5.32 Å². The minimum atomic E-state index is 0.656. The van der Waals surface area contributed by atoms with Crippen LogP contribution in [0, 0.1) is 5.92 Å². The lowest BCUT2D eigenvalue weighted by molar-refractivity contribution is 0.375. The third-order valence-corrected chi connectivity index (χ3v) is 3.67. The fourth-order valence-corrected chi connectivity index (χ4v) is 2.22. The summed E-state index contributed by atoms with van der Waals surface area (Å²) in [6.45, 7) is 7.91. The van der Waals surface area contributed by atoms with Crippen LogP contribution in [0.2, 0.25) is 0 Å². The second-order valence-corrected chi connectivity index (χ2v) is 5.26. The maximum Gasteiger partial charge on any atom is 0.140 e. The van der Waals surface area contributed by atoms with E-state index >= 15 is 0 Å². The predicted octanol–water partition coefficient (Wildman–Crippen LogP) is 3.63. The molecule has 100 valence electrons. The molecular weight excluding hydrogens is 224 g/mol. The molecule has 1 N–H and O–H groups in total. The van der Waals surface area contributed by atoms with E-state index in [0.29, 0.717) is 5.92 Å². The SMILES string of the molecule is C=CCC(CC)CCNCc1cc(C2CC2)on1. The summed E-state index contributed by atoms with van der Waals surface area (Å²) >= 11 is 0. The standard InChI is InChI=1S/C15H24N2O/c1-3-5-12(4-2)8-9-16-11-14-10-15(18-17-14)13-6-7-13/h3,10,12-13,16H,1,4-9,11H2,2H3. The Morgan fingerprint density at radius 1 is 1.61 bits per heavy atom. The highest BCUT2D eigenvalue weighted by Crippen LogP contribution is 2.40. The molecule has 1 atom stereocenters. The number of hydrogen-bond acceptors (Lipinski definition) is 3. The molecule has 1 saturated carbocycles. The fourth-order valence-electron chi connectivity index (χ4n) is 2.22. The highest BCUT2D eigenvalue weighted by atomic mass is 16.5. The molecule has 1 unspecified atom stereocenters. The minimum absolute atomic E-state index is 0.656. The molecule has 1 fully saturated rings. The van der Waals surface area contributed by atoms with E-state index in [1.54, 1.807) is 0 Å². The van der Waals surface area contributed by atoms with Crippen molar-refractivity contribution < 1.29 is 4.52 Å². The van der Waals surface area contributed by atoms with Gasteiger partial charge in [-0.15, -0.1) is 6.58 Å². The summed E-state index contributed by atoms with van der Waals surface area (Å²) in [6, 6.07) is 2.10. The Hall–Kier alpha value is -1.09. The van der Waals surface area contributed by atoms with Crippen LogP contribution in [-0.4, -0.2) is 11.7 Å². The number of rotatable bonds is 9. The van der Waals surface area contributed by atoms with Gasteiger partial charge < -0.3 is 9.84 Å². The van der Waals surface area contributed by atoms with Gasteiger partial charge in [0.1, 0.15) is 5.76 Å². The second kappa shape index (κ2) is 6.74. The predicted molar refractivity (Wildman–Crippen MR) is 73.4 cm³/mol. The van der Waals surface area contributed by atoms with Gasteiger partial charge in [0.25, 0.3) is 0 Å². The Labute approximate surface area is 110 Å². The average Bonchev–Trinajstić information content (AvgIpc) is 3.13. The smallest absolute Gasteiger partial charge is 0.140 e. The zero-order valence-corrected chi connectivity index (χ0v) is 11.3. The zero-order valence-electron chi connectivity index (χ0n) is 11.3. The van der Waals surface area contributed by atoms with E-state index in [0.717, 1.165) is 36.9 Å². The van der Waals surface area contributed by atoms with Gasteiger partial charge in [-0.1, -0.05) is 24.6 Å². The van der Waals surface area contributed by atoms with Crippen LogP contribution in [0.1, 0.15) is 56.4 Å². The Morgan fingerprint density at radius 2 is 2.44 bits per heavy atom. The Bertz CT molecular complexity index is 368. The van der Waals surface area contributed by atoms with Gasteiger partial charge in [0.05, 0.1) is 5.69 Å². The highest BCUT2D eigenvalue weighted by molar-refractivity contribution is 5.14. The maximum absolute atomic E-state index is 5.32. The molecule has 0 bridgehead atoms. The van der Waals surface area contributed by atoms with E-state index < -0.39 is 0 Å². The summed E-state index contributed by atoms with van der Waals surface area (Å²) in [6.07, 6.45) is 8.10. The molecule has 3 heteroatoms. The van der Waals surface area contributed by atoms with Crippen LogP contribution in [0.25, 0.3) is 0 Å². The van der Waals surface area contributed by atoms with Crippen molar-refractivity contribution in [1.82, 2.24) is 10.5 Å². The zero-order chi connectivity index (χ0) is 12.8. The molecular formula is C15H24N2O. The van der Waals surface area contributed by atoms with Crippen molar-refractivity contribution in [1.29, 1.82) is 0 Å². The first-order valence-corrected chi connectivity index (χ1v) is 7.10. The first-order valence-electron chi connectivity index (χ1n) is 7.10. The van der Waals surface area contributed by atoms with Crippen molar-refractivity contribution in [2.75, 3.05) is 6.54 Å². The largest absolute Gasteiger partial charge is 0.361 e. The average molecular weight is 248 g/mol. The summed E-state index contributed by atoms with van der Waals surface area (Å²) in [5.41, 5.74) is 1.04. The molecule has 1 aromatic heterocycles. The van der Waals surface area contributed by atoms with E-state index in [9.17, 15) is 0 Å². The topological polar surface area (TPSA) is 38.1 Å². The van der Waals surface area contributed by atoms with Crippen LogP contribution in [0.3, 0.4) is 0 Å². The van der Waals surface area contributed by atoms with Gasteiger partial charge in [-0.3, -0.25) is 0 Å². The first kappa shape index (κ1) is 13.3. The van der Waals surface area contributed by atoms with E-state index in [1.807, 2.05) is 6.08 Å². The summed E-state index contributed by atoms with van der Waals surface area (Å²) in [5, 5.41) is 7.54. The van der Waals surface area contributed by atoms with Crippen LogP contribution in [-0.2, 0) is 6.54 Å². The van der Waals surface area contributed by atoms with Crippen LogP contribution in [0.5, 0.6) is 0 Å². The van der Waals surface area contributed by atoms with E-state index in [2.05, 4.69) is 30.0 Å². The molecule has 0 radical (unpaired) electrons. The van der Waals surface area contributed by atoms with Crippen molar-refractivity contribution in [3.63, 3.8) is 0 Å². The van der Waals surface area contributed by atoms with Crippen LogP contribution >= 0.6 is 0 Å². The summed E-state index contributed by atoms with van der Waals surface area (Å²) in [7, 11) is 0. The molecule has 3 nitrogen and oxygen atoms in total. The van der Waals surface area contributed by atoms with Gasteiger partial charge in [-0.2, -0.15) is 0 Å². The van der Waals surface area contributed by atoms with E-state index in [-0.39, 0.29) is 0 Å². The number of nitrogens with zero attached hydrogens (tertiary/aromatic N) is 1. The number of hydrogen-bond donors (Lipinski definition) is 1. The Balaban J connectivity index is 1.63. The van der Waals surface area contributed by atoms with E-state index in [4.69, 9.17) is 4.52 Å². The lowest BCUT2D eigenvalue weighted by Gasteiger charge is -2.12. The number of allylic oxidation sites excluding steroid dienone is 1. The molecule has 0 aromatic carbocycles. The summed E-state index contributed by atoms with van der Waals surface area (Å²) < 4.78 is 5.32. The quantitative estimate of drug-likeness (QED) is 0.535. The molecule has 0 amide bonds. The Morgan fingerprint density at radius 3 is 3.11 bits per heavy atom. The summed E-state index contributed by atoms with van der Waals surface area (Å²) in [4.78, 5) is 0. The van der Waals surface area contributed by atoms with Gasteiger partial charge in [0, 0.05) is 18.5 Å². The van der Waals surface area contributed by atoms with Gasteiger partial charge in [0.2, 0.25) is 0 Å². The molecule has 1 heterocycles. The van der Waals surface area contributed by atoms with Gasteiger partial charge in [-0.25, -0.2) is 0 Å². The normalized spacial score (nSPS) is 16.7. The van der Waals surface area contributed by atoms with Crippen molar-refractivity contribution in [3.05, 3.63) is 30.2 Å². The molecule has 0 aliphatic heterocycles. The minimum Gasteiger partial charge on any atom is -0.361 e. The molecule has 1 aromatic rings. The van der Waals surface area contributed by atoms with Crippen molar-refractivity contribution in [2.45, 2.75) is 51.5 Å². The van der Waals surface area contributed by atoms with Crippen molar-refractivity contribution in [3.8, 4) is 0 Å². The molecule has 0 spiro atoms. The monoisotopic (exact) mass is 248 g/mol. The van der Waals surface area contributed by atoms with Crippen molar-refractivity contribution >= 4 is 0 Å². The molecule has 1 aliphatic rings. The lowest BCUT2D eigenvalue weighted by atomic mass is 9.99. The molecule has 18 heavy (non-hydrogen) atoms. The lowest BCUT2D eigenvalue weighted by Crippen LogP contribution is -2.17. The van der Waals surface area contributed by atoms with Crippen LogP contribution in [0.4, 0.5) is 0 Å². The fraction of sp³-hybridized carbons (Fsp3) is 0.667. The van der Waals surface area contributed by atoms with Gasteiger partial charge in [0.15, 0.2) is 0 Å². The third-order valence-electron chi connectivity index (χ3n) is 3.67. The number of aromatic nitrogens is 1. The molecule has 2 rings (SSSR count). The maximum atomic E-state index is 5.32. The van der Waals surface area contributed by atoms with Crippen LogP contribution in [0.15, 0.2) is 23.2 Å². The highest BCUT2D eigenvalue weighted by Gasteiger charge is 2.27. The molecule has 1 aliphatic carbocycles.